The van der Waals surface area contributed by atoms with E-state index >= 15 is 0 Å². The molecule has 0 aliphatic heterocycles. The van der Waals surface area contributed by atoms with Crippen LogP contribution >= 0.6 is 11.6 Å². The fourth-order valence-electron chi connectivity index (χ4n) is 2.47. The standard InChI is InChI=1S/C18H15ClFN5O4/c1-28-11-4-6-14(15(8-11)29-2)24-18-16(25(26)27)17(21-9-22-18)23-10-3-5-13(20)12(19)7-10/h3-9H,1-2H3,(H2,21,22,23,24). The molecule has 1 heterocycles. The van der Waals surface area contributed by atoms with Gasteiger partial charge < -0.3 is 20.1 Å². The number of hydrogen-bond donors (Lipinski definition) is 2. The first-order chi connectivity index (χ1) is 13.9. The summed E-state index contributed by atoms with van der Waals surface area (Å²) in [7, 11) is 2.97. The summed E-state index contributed by atoms with van der Waals surface area (Å²) >= 11 is 5.76. The summed E-state index contributed by atoms with van der Waals surface area (Å²) in [6.07, 6.45) is 1.15. The predicted molar refractivity (Wildman–Crippen MR) is 106 cm³/mol. The third-order valence-electron chi connectivity index (χ3n) is 3.85. The second-order valence-electron chi connectivity index (χ2n) is 5.62. The summed E-state index contributed by atoms with van der Waals surface area (Å²) in [5, 5.41) is 17.2. The van der Waals surface area contributed by atoms with Crippen LogP contribution in [0.1, 0.15) is 0 Å². The van der Waals surface area contributed by atoms with Gasteiger partial charge in [-0.15, -0.1) is 0 Å². The van der Waals surface area contributed by atoms with Gasteiger partial charge in [0.1, 0.15) is 23.6 Å². The average Bonchev–Trinajstić information content (AvgIpc) is 2.71. The molecule has 2 N–H and O–H groups in total. The summed E-state index contributed by atoms with van der Waals surface area (Å²) in [6, 6.07) is 8.73. The molecule has 2 aromatic carbocycles. The van der Waals surface area contributed by atoms with E-state index in [4.69, 9.17) is 21.1 Å². The van der Waals surface area contributed by atoms with Crippen molar-refractivity contribution in [3.63, 3.8) is 0 Å². The molecule has 0 saturated carbocycles. The molecule has 3 aromatic rings. The molecular formula is C18H15ClFN5O4. The van der Waals surface area contributed by atoms with E-state index in [-0.39, 0.29) is 16.7 Å². The molecule has 0 atom stereocenters. The summed E-state index contributed by atoms with van der Waals surface area (Å²) < 4.78 is 23.8. The zero-order chi connectivity index (χ0) is 21.0. The minimum absolute atomic E-state index is 0.0656. The third-order valence-corrected chi connectivity index (χ3v) is 4.14. The van der Waals surface area contributed by atoms with E-state index in [1.165, 1.54) is 26.4 Å². The Hall–Kier alpha value is -3.66. The monoisotopic (exact) mass is 419 g/mol. The second-order valence-corrected chi connectivity index (χ2v) is 6.03. The van der Waals surface area contributed by atoms with Crippen LogP contribution in [-0.4, -0.2) is 29.1 Å². The maximum absolute atomic E-state index is 13.4. The Kier molecular flexibility index (Phi) is 5.93. The number of methoxy groups -OCH3 is 2. The molecular weight excluding hydrogens is 405 g/mol. The first kappa shape index (κ1) is 20.1. The maximum Gasteiger partial charge on any atom is 0.353 e. The van der Waals surface area contributed by atoms with Gasteiger partial charge in [0, 0.05) is 11.8 Å². The van der Waals surface area contributed by atoms with Crippen LogP contribution in [-0.2, 0) is 0 Å². The number of anilines is 4. The van der Waals surface area contributed by atoms with E-state index in [0.29, 0.717) is 22.9 Å². The summed E-state index contributed by atoms with van der Waals surface area (Å²) in [5.41, 5.74) is 0.350. The van der Waals surface area contributed by atoms with E-state index in [9.17, 15) is 14.5 Å². The summed E-state index contributed by atoms with van der Waals surface area (Å²) in [5.74, 6) is 0.187. The Balaban J connectivity index is 1.99. The molecule has 0 radical (unpaired) electrons. The lowest BCUT2D eigenvalue weighted by atomic mass is 10.2. The number of nitrogens with zero attached hydrogens (tertiary/aromatic N) is 3. The van der Waals surface area contributed by atoms with Crippen LogP contribution < -0.4 is 20.1 Å². The van der Waals surface area contributed by atoms with Gasteiger partial charge in [-0.05, 0) is 30.3 Å². The van der Waals surface area contributed by atoms with Crippen LogP contribution in [0.15, 0.2) is 42.7 Å². The topological polar surface area (TPSA) is 111 Å². The van der Waals surface area contributed by atoms with Gasteiger partial charge in [-0.2, -0.15) is 0 Å². The van der Waals surface area contributed by atoms with Crippen LogP contribution in [0.5, 0.6) is 11.5 Å². The Morgan fingerprint density at radius 2 is 1.79 bits per heavy atom. The van der Waals surface area contributed by atoms with Crippen LogP contribution in [0.4, 0.5) is 33.1 Å². The minimum atomic E-state index is -0.633. The molecule has 0 aliphatic rings. The lowest BCUT2D eigenvalue weighted by Gasteiger charge is -2.13. The quantitative estimate of drug-likeness (QED) is 0.419. The number of rotatable bonds is 7. The zero-order valence-corrected chi connectivity index (χ0v) is 16.0. The van der Waals surface area contributed by atoms with E-state index in [2.05, 4.69) is 20.6 Å². The maximum atomic E-state index is 13.4. The Labute approximate surface area is 169 Å². The van der Waals surface area contributed by atoms with Gasteiger partial charge in [-0.3, -0.25) is 10.1 Å². The van der Waals surface area contributed by atoms with Crippen molar-refractivity contribution in [2.24, 2.45) is 0 Å². The van der Waals surface area contributed by atoms with Gasteiger partial charge in [0.2, 0.25) is 11.6 Å². The van der Waals surface area contributed by atoms with Crippen molar-refractivity contribution in [1.29, 1.82) is 0 Å². The highest BCUT2D eigenvalue weighted by atomic mass is 35.5. The molecule has 29 heavy (non-hydrogen) atoms. The van der Waals surface area contributed by atoms with E-state index in [0.717, 1.165) is 12.4 Å². The van der Waals surface area contributed by atoms with Gasteiger partial charge in [0.25, 0.3) is 0 Å². The number of halogens is 2. The molecule has 3 rings (SSSR count). The van der Waals surface area contributed by atoms with Gasteiger partial charge >= 0.3 is 5.69 Å². The molecule has 0 bridgehead atoms. The second kappa shape index (κ2) is 8.57. The number of nitro groups is 1. The van der Waals surface area contributed by atoms with Crippen LogP contribution in [0.2, 0.25) is 5.02 Å². The van der Waals surface area contributed by atoms with Crippen LogP contribution in [0.3, 0.4) is 0 Å². The minimum Gasteiger partial charge on any atom is -0.497 e. The van der Waals surface area contributed by atoms with Gasteiger partial charge in [0.05, 0.1) is 29.9 Å². The molecule has 9 nitrogen and oxygen atoms in total. The molecule has 150 valence electrons. The lowest BCUT2D eigenvalue weighted by molar-refractivity contribution is -0.383. The number of hydrogen-bond acceptors (Lipinski definition) is 8. The van der Waals surface area contributed by atoms with Crippen LogP contribution in [0, 0.1) is 15.9 Å². The van der Waals surface area contributed by atoms with Gasteiger partial charge in [0.15, 0.2) is 0 Å². The van der Waals surface area contributed by atoms with Crippen molar-refractivity contribution in [1.82, 2.24) is 9.97 Å². The van der Waals surface area contributed by atoms with E-state index in [1.54, 1.807) is 18.2 Å². The first-order valence-corrected chi connectivity index (χ1v) is 8.51. The van der Waals surface area contributed by atoms with Gasteiger partial charge in [-0.25, -0.2) is 14.4 Å². The van der Waals surface area contributed by atoms with Crippen molar-refractivity contribution in [2.75, 3.05) is 24.9 Å². The molecule has 0 unspecified atom stereocenters. The van der Waals surface area contributed by atoms with Crippen molar-refractivity contribution in [3.8, 4) is 11.5 Å². The smallest absolute Gasteiger partial charge is 0.353 e. The fraction of sp³-hybridized carbons (Fsp3) is 0.111. The molecule has 0 saturated heterocycles. The fourth-order valence-corrected chi connectivity index (χ4v) is 2.66. The molecule has 11 heteroatoms. The highest BCUT2D eigenvalue weighted by Crippen LogP contribution is 2.37. The van der Waals surface area contributed by atoms with Crippen molar-refractivity contribution < 1.29 is 18.8 Å². The number of ether oxygens (including phenoxy) is 2. The molecule has 0 amide bonds. The average molecular weight is 420 g/mol. The van der Waals surface area contributed by atoms with Gasteiger partial charge in [-0.1, -0.05) is 11.6 Å². The number of nitrogens with one attached hydrogen (secondary N) is 2. The zero-order valence-electron chi connectivity index (χ0n) is 15.3. The highest BCUT2D eigenvalue weighted by molar-refractivity contribution is 6.31. The van der Waals surface area contributed by atoms with E-state index < -0.39 is 16.4 Å². The lowest BCUT2D eigenvalue weighted by Crippen LogP contribution is -2.06. The Morgan fingerprint density at radius 1 is 1.07 bits per heavy atom. The van der Waals surface area contributed by atoms with Crippen molar-refractivity contribution >= 4 is 40.3 Å². The number of aromatic nitrogens is 2. The summed E-state index contributed by atoms with van der Waals surface area (Å²) in [6.45, 7) is 0. The van der Waals surface area contributed by atoms with E-state index in [1.807, 2.05) is 0 Å². The molecule has 0 fully saturated rings. The molecule has 0 spiro atoms. The van der Waals surface area contributed by atoms with Crippen LogP contribution in [0.25, 0.3) is 0 Å². The third kappa shape index (κ3) is 4.43. The molecule has 1 aromatic heterocycles. The Morgan fingerprint density at radius 3 is 2.41 bits per heavy atom. The number of benzene rings is 2. The Bertz CT molecular complexity index is 1070. The van der Waals surface area contributed by atoms with Crippen molar-refractivity contribution in [2.45, 2.75) is 0 Å². The van der Waals surface area contributed by atoms with Crippen molar-refractivity contribution in [3.05, 3.63) is 63.7 Å². The molecule has 0 aliphatic carbocycles. The largest absolute Gasteiger partial charge is 0.497 e. The SMILES string of the molecule is COc1ccc(Nc2ncnc(Nc3ccc(F)c(Cl)c3)c2[N+](=O)[O-])c(OC)c1. The normalized spacial score (nSPS) is 10.3. The first-order valence-electron chi connectivity index (χ1n) is 8.13. The predicted octanol–water partition coefficient (Wildman–Crippen LogP) is 4.68. The highest BCUT2D eigenvalue weighted by Gasteiger charge is 2.24. The summed E-state index contributed by atoms with van der Waals surface area (Å²) in [4.78, 5) is 19.0.